The predicted molar refractivity (Wildman–Crippen MR) is 283 cm³/mol. The highest BCUT2D eigenvalue weighted by Gasteiger charge is 2.28. The zero-order valence-electron chi connectivity index (χ0n) is 43.2. The monoisotopic (exact) mass is 914 g/mol. The minimum absolute atomic E-state index is 0.350. The third-order valence-electron chi connectivity index (χ3n) is 13.2. The molecular formula is C59H111NO5. The molecule has 0 aromatic carbocycles. The van der Waals surface area contributed by atoms with E-state index in [1.165, 1.54) is 193 Å². The summed E-state index contributed by atoms with van der Waals surface area (Å²) in [6.45, 7) is 4.06. The standard InChI is InChI=1S/C59H111NO5/c1-3-5-7-9-11-13-15-17-19-21-23-24-25-26-27-28-29-30-31-32-33-34-35-37-38-40-42-44-46-48-50-52-56(62)58(64)55(54-61)60-59(65)57(63)53-51-49-47-45-43-41-39-36-22-20-18-16-14-12-10-8-6-4-2/h22,32-33,36-38,44,46,55-58,61-64H,3-21,23-31,34-35,39-43,45,47-54H2,1-2H3,(H,60,65)/b33-32+,36-22-,38-37+,46-44+. The van der Waals surface area contributed by atoms with Gasteiger partial charge in [-0.3, -0.25) is 4.79 Å². The van der Waals surface area contributed by atoms with Crippen LogP contribution in [0.4, 0.5) is 0 Å². The van der Waals surface area contributed by atoms with Crippen molar-refractivity contribution in [2.45, 2.75) is 314 Å². The molecule has 0 aromatic heterocycles. The Hall–Kier alpha value is -1.73. The SMILES string of the molecule is CCCCCCCCCC/C=C\CCCCCCCCC(O)C(=O)NC(CO)C(O)C(O)CCC/C=C/CC/C=C/CC/C=C/CCCCCCCCCCCCCCCCCCCC. The van der Waals surface area contributed by atoms with Gasteiger partial charge in [0.1, 0.15) is 12.2 Å². The molecular weight excluding hydrogens is 803 g/mol. The normalized spacial score (nSPS) is 14.1. The van der Waals surface area contributed by atoms with Gasteiger partial charge in [-0.2, -0.15) is 0 Å². The highest BCUT2D eigenvalue weighted by atomic mass is 16.3. The Morgan fingerprint density at radius 2 is 0.646 bits per heavy atom. The second-order valence-corrected chi connectivity index (χ2v) is 19.6. The van der Waals surface area contributed by atoms with Crippen molar-refractivity contribution in [3.8, 4) is 0 Å². The summed E-state index contributed by atoms with van der Waals surface area (Å²) in [7, 11) is 0. The van der Waals surface area contributed by atoms with Crippen molar-refractivity contribution in [1.82, 2.24) is 5.32 Å². The van der Waals surface area contributed by atoms with Crippen LogP contribution in [-0.4, -0.2) is 57.3 Å². The van der Waals surface area contributed by atoms with Gasteiger partial charge in [0.2, 0.25) is 5.91 Å². The Labute approximate surface area is 404 Å². The van der Waals surface area contributed by atoms with Crippen LogP contribution in [0.1, 0.15) is 290 Å². The number of aliphatic hydroxyl groups excluding tert-OH is 4. The molecule has 0 aliphatic heterocycles. The van der Waals surface area contributed by atoms with Crippen molar-refractivity contribution in [3.63, 3.8) is 0 Å². The van der Waals surface area contributed by atoms with Crippen molar-refractivity contribution in [1.29, 1.82) is 0 Å². The maximum atomic E-state index is 12.6. The fraction of sp³-hybridized carbons (Fsp3) is 0.847. The molecule has 382 valence electrons. The summed E-state index contributed by atoms with van der Waals surface area (Å²) in [5, 5.41) is 43.9. The molecule has 0 aromatic rings. The van der Waals surface area contributed by atoms with Gasteiger partial charge in [-0.15, -0.1) is 0 Å². The Morgan fingerprint density at radius 3 is 0.969 bits per heavy atom. The number of rotatable bonds is 52. The number of aliphatic hydroxyl groups is 4. The first kappa shape index (κ1) is 63.3. The van der Waals surface area contributed by atoms with E-state index in [1.54, 1.807) is 0 Å². The minimum atomic E-state index is -1.30. The summed E-state index contributed by atoms with van der Waals surface area (Å²) in [5.74, 6) is -0.603. The van der Waals surface area contributed by atoms with Gasteiger partial charge < -0.3 is 25.7 Å². The molecule has 5 N–H and O–H groups in total. The molecule has 0 aliphatic rings. The summed E-state index contributed by atoms with van der Waals surface area (Å²) in [4.78, 5) is 12.6. The Bertz CT molecular complexity index is 1070. The summed E-state index contributed by atoms with van der Waals surface area (Å²) < 4.78 is 0. The number of nitrogens with one attached hydrogen (secondary N) is 1. The maximum absolute atomic E-state index is 12.6. The van der Waals surface area contributed by atoms with Gasteiger partial charge in [-0.05, 0) is 89.9 Å². The lowest BCUT2D eigenvalue weighted by molar-refractivity contribution is -0.132. The highest BCUT2D eigenvalue weighted by molar-refractivity contribution is 5.80. The molecule has 6 heteroatoms. The molecule has 0 saturated heterocycles. The van der Waals surface area contributed by atoms with E-state index in [2.05, 4.69) is 67.8 Å². The summed E-state index contributed by atoms with van der Waals surface area (Å²) in [6, 6.07) is -1.02. The van der Waals surface area contributed by atoms with Gasteiger partial charge in [0.15, 0.2) is 0 Å². The molecule has 0 spiro atoms. The average molecular weight is 915 g/mol. The van der Waals surface area contributed by atoms with Crippen LogP contribution in [0, 0.1) is 0 Å². The van der Waals surface area contributed by atoms with Gasteiger partial charge in [0.05, 0.1) is 18.8 Å². The highest BCUT2D eigenvalue weighted by Crippen LogP contribution is 2.17. The van der Waals surface area contributed by atoms with Gasteiger partial charge in [0.25, 0.3) is 0 Å². The van der Waals surface area contributed by atoms with Crippen molar-refractivity contribution in [2.75, 3.05) is 6.61 Å². The van der Waals surface area contributed by atoms with E-state index in [1.807, 2.05) is 0 Å². The zero-order chi connectivity index (χ0) is 47.4. The van der Waals surface area contributed by atoms with Crippen molar-refractivity contribution < 1.29 is 25.2 Å². The second kappa shape index (κ2) is 53.2. The fourth-order valence-electron chi connectivity index (χ4n) is 8.73. The average Bonchev–Trinajstić information content (AvgIpc) is 3.31. The van der Waals surface area contributed by atoms with Crippen LogP contribution in [0.25, 0.3) is 0 Å². The van der Waals surface area contributed by atoms with Crippen LogP contribution in [0.15, 0.2) is 48.6 Å². The van der Waals surface area contributed by atoms with Crippen LogP contribution >= 0.6 is 0 Å². The largest absolute Gasteiger partial charge is 0.394 e. The molecule has 0 aliphatic carbocycles. The van der Waals surface area contributed by atoms with Crippen molar-refractivity contribution in [3.05, 3.63) is 48.6 Å². The van der Waals surface area contributed by atoms with Crippen LogP contribution < -0.4 is 5.32 Å². The predicted octanol–water partition coefficient (Wildman–Crippen LogP) is 16.6. The second-order valence-electron chi connectivity index (χ2n) is 19.6. The van der Waals surface area contributed by atoms with Gasteiger partial charge in [-0.25, -0.2) is 0 Å². The first-order valence-electron chi connectivity index (χ1n) is 28.5. The summed E-state index contributed by atoms with van der Waals surface area (Å²) >= 11 is 0. The van der Waals surface area contributed by atoms with Gasteiger partial charge >= 0.3 is 0 Å². The third kappa shape index (κ3) is 47.1. The van der Waals surface area contributed by atoms with E-state index in [0.29, 0.717) is 19.3 Å². The molecule has 4 unspecified atom stereocenters. The molecule has 4 atom stereocenters. The molecule has 0 heterocycles. The summed E-state index contributed by atoms with van der Waals surface area (Å²) in [5.41, 5.74) is 0. The number of allylic oxidation sites excluding steroid dienone is 8. The molecule has 6 nitrogen and oxygen atoms in total. The van der Waals surface area contributed by atoms with Gasteiger partial charge in [-0.1, -0.05) is 249 Å². The quantitative estimate of drug-likeness (QED) is 0.0308. The number of carbonyl (C=O) groups excluding carboxylic acids is 1. The molecule has 65 heavy (non-hydrogen) atoms. The van der Waals surface area contributed by atoms with E-state index in [-0.39, 0.29) is 0 Å². The van der Waals surface area contributed by atoms with Crippen LogP contribution in [0.5, 0.6) is 0 Å². The molecule has 0 radical (unpaired) electrons. The molecule has 0 fully saturated rings. The molecule has 1 amide bonds. The van der Waals surface area contributed by atoms with Gasteiger partial charge in [0, 0.05) is 0 Å². The first-order valence-corrected chi connectivity index (χ1v) is 28.5. The smallest absolute Gasteiger partial charge is 0.249 e. The lowest BCUT2D eigenvalue weighted by Gasteiger charge is -2.27. The van der Waals surface area contributed by atoms with E-state index in [4.69, 9.17) is 0 Å². The van der Waals surface area contributed by atoms with E-state index < -0.39 is 36.9 Å². The lowest BCUT2D eigenvalue weighted by Crippen LogP contribution is -2.53. The van der Waals surface area contributed by atoms with E-state index in [0.717, 1.165) is 64.2 Å². The van der Waals surface area contributed by atoms with Crippen LogP contribution in [0.3, 0.4) is 0 Å². The lowest BCUT2D eigenvalue weighted by atomic mass is 10.00. The minimum Gasteiger partial charge on any atom is -0.394 e. The topological polar surface area (TPSA) is 110 Å². The zero-order valence-corrected chi connectivity index (χ0v) is 43.2. The van der Waals surface area contributed by atoms with Crippen molar-refractivity contribution >= 4 is 5.91 Å². The van der Waals surface area contributed by atoms with E-state index in [9.17, 15) is 25.2 Å². The molecule has 0 saturated carbocycles. The first-order chi connectivity index (χ1) is 32.0. The number of unbranched alkanes of at least 4 members (excludes halogenated alkanes) is 35. The molecule has 0 rings (SSSR count). The summed E-state index contributed by atoms with van der Waals surface area (Å²) in [6.07, 6.45) is 67.6. The van der Waals surface area contributed by atoms with Crippen LogP contribution in [-0.2, 0) is 4.79 Å². The van der Waals surface area contributed by atoms with Crippen LogP contribution in [0.2, 0.25) is 0 Å². The number of amides is 1. The number of hydrogen-bond donors (Lipinski definition) is 5. The number of hydrogen-bond acceptors (Lipinski definition) is 5. The molecule has 0 bridgehead atoms. The Kier molecular flexibility index (Phi) is 51.8. The maximum Gasteiger partial charge on any atom is 0.249 e. The Morgan fingerprint density at radius 1 is 0.369 bits per heavy atom. The third-order valence-corrected chi connectivity index (χ3v) is 13.2. The van der Waals surface area contributed by atoms with E-state index >= 15 is 0 Å². The van der Waals surface area contributed by atoms with Crippen molar-refractivity contribution in [2.24, 2.45) is 0 Å². The number of carbonyl (C=O) groups is 1. The Balaban J connectivity index is 3.70. The fourth-order valence-corrected chi connectivity index (χ4v) is 8.73.